The van der Waals surface area contributed by atoms with E-state index < -0.39 is 11.5 Å². The number of nitrogens with zero attached hydrogens (tertiary/aromatic N) is 4. The van der Waals surface area contributed by atoms with Crippen molar-refractivity contribution in [3.63, 3.8) is 0 Å². The zero-order valence-electron chi connectivity index (χ0n) is 22.6. The Morgan fingerprint density at radius 1 is 1.18 bits per heavy atom. The van der Waals surface area contributed by atoms with Gasteiger partial charge in [0.1, 0.15) is 17.4 Å². The summed E-state index contributed by atoms with van der Waals surface area (Å²) in [6.07, 6.45) is 1.29. The topological polar surface area (TPSA) is 78.7 Å². The van der Waals surface area contributed by atoms with Gasteiger partial charge in [0.15, 0.2) is 0 Å². The average Bonchev–Trinajstić information content (AvgIpc) is 2.92. The lowest BCUT2D eigenvalue weighted by Crippen LogP contribution is -2.54. The third kappa shape index (κ3) is 4.73. The highest BCUT2D eigenvalue weighted by atomic mass is 35.5. The molecule has 2 heterocycles. The molecule has 0 bridgehead atoms. The van der Waals surface area contributed by atoms with Crippen molar-refractivity contribution in [2.75, 3.05) is 24.5 Å². The van der Waals surface area contributed by atoms with Crippen LogP contribution in [-0.4, -0.2) is 51.1 Å². The minimum atomic E-state index is -0.636. The largest absolute Gasteiger partial charge is 0.507 e. The fourth-order valence-corrected chi connectivity index (χ4v) is 5.69. The number of halogens is 2. The summed E-state index contributed by atoms with van der Waals surface area (Å²) >= 11 is 6.76. The van der Waals surface area contributed by atoms with Crippen LogP contribution >= 0.6 is 11.6 Å². The lowest BCUT2D eigenvalue weighted by Gasteiger charge is -2.40. The summed E-state index contributed by atoms with van der Waals surface area (Å²) in [5.74, 6) is -0.506. The highest BCUT2D eigenvalue weighted by molar-refractivity contribution is 6.34. The minimum Gasteiger partial charge on any atom is -0.507 e. The van der Waals surface area contributed by atoms with E-state index in [4.69, 9.17) is 11.6 Å². The van der Waals surface area contributed by atoms with Crippen LogP contribution in [0.15, 0.2) is 72.0 Å². The van der Waals surface area contributed by atoms with Gasteiger partial charge in [0.05, 0.1) is 16.8 Å². The van der Waals surface area contributed by atoms with Crippen molar-refractivity contribution < 1.29 is 14.3 Å². The van der Waals surface area contributed by atoms with E-state index in [0.29, 0.717) is 42.0 Å². The third-order valence-electron chi connectivity index (χ3n) is 7.41. The van der Waals surface area contributed by atoms with E-state index >= 15 is 0 Å². The van der Waals surface area contributed by atoms with E-state index in [1.54, 1.807) is 17.0 Å². The van der Waals surface area contributed by atoms with Crippen molar-refractivity contribution in [2.24, 2.45) is 0 Å². The van der Waals surface area contributed by atoms with Gasteiger partial charge in [-0.25, -0.2) is 9.18 Å². The molecule has 1 atom stereocenters. The Morgan fingerprint density at radius 3 is 2.60 bits per heavy atom. The predicted octanol–water partition coefficient (Wildman–Crippen LogP) is 5.90. The summed E-state index contributed by atoms with van der Waals surface area (Å²) in [5, 5.41) is 11.4. The van der Waals surface area contributed by atoms with Gasteiger partial charge in [-0.05, 0) is 54.8 Å². The fraction of sp³-hybridized carbons (Fsp3) is 0.258. The molecule has 1 saturated heterocycles. The number of carbonyl (C=O) groups excluding carboxylic acids is 1. The molecule has 1 aliphatic rings. The Labute approximate surface area is 236 Å². The fourth-order valence-electron chi connectivity index (χ4n) is 5.43. The van der Waals surface area contributed by atoms with E-state index in [1.807, 2.05) is 49.9 Å². The summed E-state index contributed by atoms with van der Waals surface area (Å²) in [5.41, 5.74) is 1.78. The number of hydrogen-bond donors (Lipinski definition) is 1. The zero-order chi connectivity index (χ0) is 28.7. The molecule has 3 aromatic carbocycles. The van der Waals surface area contributed by atoms with E-state index in [9.17, 15) is 19.1 Å². The molecule has 1 aromatic heterocycles. The molecule has 4 aromatic rings. The maximum absolute atomic E-state index is 15.0. The number of piperazine rings is 1. The molecule has 0 spiro atoms. The summed E-state index contributed by atoms with van der Waals surface area (Å²) in [7, 11) is 0. The van der Waals surface area contributed by atoms with Gasteiger partial charge < -0.3 is 14.9 Å². The molecule has 7 nitrogen and oxygen atoms in total. The Kier molecular flexibility index (Phi) is 7.38. The minimum absolute atomic E-state index is 0.0474. The van der Waals surface area contributed by atoms with E-state index in [1.165, 1.54) is 28.8 Å². The van der Waals surface area contributed by atoms with Crippen LogP contribution in [0.25, 0.3) is 27.7 Å². The number of carbonyl (C=O) groups is 1. The van der Waals surface area contributed by atoms with Gasteiger partial charge in [0, 0.05) is 41.6 Å². The van der Waals surface area contributed by atoms with Gasteiger partial charge in [-0.1, -0.05) is 56.3 Å². The number of hydrogen-bond acceptors (Lipinski definition) is 5. The molecular weight excluding hydrogens is 531 g/mol. The second-order valence-corrected chi connectivity index (χ2v) is 10.7. The number of rotatable bonds is 5. The highest BCUT2D eigenvalue weighted by Gasteiger charge is 2.30. The molecular formula is C31H30ClFN4O3. The SMILES string of the molecule is C=CC(=O)N1CCN(c2nc(=O)n(-c3ccccc3C(C)C)c3cc(-c4c(O)cccc4F)c(Cl)cc23)[C@@H](C)C1. The van der Waals surface area contributed by atoms with Crippen LogP contribution in [0.1, 0.15) is 32.3 Å². The normalized spacial score (nSPS) is 15.6. The van der Waals surface area contributed by atoms with Gasteiger partial charge in [-0.3, -0.25) is 9.36 Å². The monoisotopic (exact) mass is 560 g/mol. The van der Waals surface area contributed by atoms with Crippen LogP contribution in [0, 0.1) is 5.82 Å². The number of aromatic nitrogens is 2. The summed E-state index contributed by atoms with van der Waals surface area (Å²) < 4.78 is 16.5. The molecule has 9 heteroatoms. The molecule has 1 amide bonds. The van der Waals surface area contributed by atoms with E-state index in [2.05, 4.69) is 11.6 Å². The first kappa shape index (κ1) is 27.4. The molecule has 5 rings (SSSR count). The number of para-hydroxylation sites is 1. The lowest BCUT2D eigenvalue weighted by molar-refractivity contribution is -0.126. The van der Waals surface area contributed by atoms with Gasteiger partial charge in [-0.2, -0.15) is 4.98 Å². The Balaban J connectivity index is 1.80. The van der Waals surface area contributed by atoms with Crippen molar-refractivity contribution in [2.45, 2.75) is 32.7 Å². The number of aromatic hydroxyl groups is 1. The van der Waals surface area contributed by atoms with E-state index in [0.717, 1.165) is 5.56 Å². The van der Waals surface area contributed by atoms with Gasteiger partial charge in [-0.15, -0.1) is 0 Å². The van der Waals surface area contributed by atoms with Crippen molar-refractivity contribution in [3.05, 3.63) is 94.1 Å². The zero-order valence-corrected chi connectivity index (χ0v) is 23.3. The molecule has 0 aliphatic carbocycles. The van der Waals surface area contributed by atoms with Crippen LogP contribution in [0.3, 0.4) is 0 Å². The third-order valence-corrected chi connectivity index (χ3v) is 7.72. The first-order chi connectivity index (χ1) is 19.1. The maximum atomic E-state index is 15.0. The average molecular weight is 561 g/mol. The summed E-state index contributed by atoms with van der Waals surface area (Å²) in [6, 6.07) is 14.8. The van der Waals surface area contributed by atoms with Crippen LogP contribution < -0.4 is 10.6 Å². The molecule has 0 radical (unpaired) electrons. The van der Waals surface area contributed by atoms with Gasteiger partial charge in [0.2, 0.25) is 5.91 Å². The molecule has 1 aliphatic heterocycles. The lowest BCUT2D eigenvalue weighted by atomic mass is 9.99. The standard InChI is InChI=1S/C31H30ClFN4O3/c1-5-28(39)35-13-14-36(19(4)17-35)30-22-15-23(32)21(29-24(33)10-8-12-27(29)38)16-26(22)37(31(40)34-30)25-11-7-6-9-20(25)18(2)3/h5-12,15-16,18-19,38H,1,13-14,17H2,2-4H3/t19-/m0/s1. The second-order valence-electron chi connectivity index (χ2n) is 10.3. The molecule has 40 heavy (non-hydrogen) atoms. The molecule has 206 valence electrons. The molecule has 0 saturated carbocycles. The first-order valence-corrected chi connectivity index (χ1v) is 13.5. The van der Waals surface area contributed by atoms with Crippen LogP contribution in [0.4, 0.5) is 10.2 Å². The number of fused-ring (bicyclic) bond motifs is 1. The maximum Gasteiger partial charge on any atom is 0.354 e. The van der Waals surface area contributed by atoms with Crippen molar-refractivity contribution in [1.29, 1.82) is 0 Å². The number of benzene rings is 3. The van der Waals surface area contributed by atoms with Gasteiger partial charge in [0.25, 0.3) is 0 Å². The van der Waals surface area contributed by atoms with Crippen LogP contribution in [-0.2, 0) is 4.79 Å². The molecule has 1 N–H and O–H groups in total. The molecule has 1 fully saturated rings. The molecule has 0 unspecified atom stereocenters. The van der Waals surface area contributed by atoms with Crippen molar-refractivity contribution in [3.8, 4) is 22.6 Å². The van der Waals surface area contributed by atoms with Crippen molar-refractivity contribution in [1.82, 2.24) is 14.5 Å². The Hall–Kier alpha value is -4.17. The highest BCUT2D eigenvalue weighted by Crippen LogP contribution is 2.41. The predicted molar refractivity (Wildman–Crippen MR) is 157 cm³/mol. The number of phenols is 1. The summed E-state index contributed by atoms with van der Waals surface area (Å²) in [6.45, 7) is 10.9. The van der Waals surface area contributed by atoms with Gasteiger partial charge >= 0.3 is 5.69 Å². The Morgan fingerprint density at radius 2 is 1.93 bits per heavy atom. The summed E-state index contributed by atoms with van der Waals surface area (Å²) in [4.78, 5) is 34.3. The Bertz CT molecular complexity index is 1680. The van der Waals surface area contributed by atoms with Crippen molar-refractivity contribution >= 4 is 34.2 Å². The number of anilines is 1. The quantitative estimate of drug-likeness (QED) is 0.308. The van der Waals surface area contributed by atoms with Crippen LogP contribution in [0.2, 0.25) is 5.02 Å². The number of amides is 1. The van der Waals surface area contributed by atoms with Crippen LogP contribution in [0.5, 0.6) is 5.75 Å². The smallest absolute Gasteiger partial charge is 0.354 e. The van der Waals surface area contributed by atoms with E-state index in [-0.39, 0.29) is 39.8 Å². The first-order valence-electron chi connectivity index (χ1n) is 13.1. The second kappa shape index (κ2) is 10.8. The number of phenolic OH excluding ortho intramolecular Hbond substituents is 1.